The van der Waals surface area contributed by atoms with E-state index >= 15 is 0 Å². The number of benzene rings is 1. The molecule has 0 amide bonds. The summed E-state index contributed by atoms with van der Waals surface area (Å²) in [6.45, 7) is 7.18. The van der Waals surface area contributed by atoms with Crippen LogP contribution < -0.4 is 20.1 Å². The molecule has 0 saturated carbocycles. The summed E-state index contributed by atoms with van der Waals surface area (Å²) < 4.78 is 16.4. The van der Waals surface area contributed by atoms with Crippen LogP contribution in [0.2, 0.25) is 0 Å². The van der Waals surface area contributed by atoms with Crippen LogP contribution in [0.1, 0.15) is 32.3 Å². The Morgan fingerprint density at radius 2 is 2.00 bits per heavy atom. The van der Waals surface area contributed by atoms with Crippen molar-refractivity contribution in [2.24, 2.45) is 4.99 Å². The Kier molecular flexibility index (Phi) is 9.34. The monoisotopic (exact) mass is 463 g/mol. The van der Waals surface area contributed by atoms with E-state index in [9.17, 15) is 0 Å². The van der Waals surface area contributed by atoms with Crippen molar-refractivity contribution in [1.29, 1.82) is 0 Å². The topological polar surface area (TPSA) is 64.1 Å². The molecule has 1 heterocycles. The van der Waals surface area contributed by atoms with Crippen molar-refractivity contribution in [1.82, 2.24) is 10.6 Å². The van der Waals surface area contributed by atoms with Gasteiger partial charge in [0.1, 0.15) is 0 Å². The minimum Gasteiger partial charge on any atom is -0.493 e. The molecule has 1 unspecified atom stereocenters. The maximum Gasteiger partial charge on any atom is 0.191 e. The number of halogens is 1. The molecule has 6 nitrogen and oxygen atoms in total. The third kappa shape index (κ3) is 6.54. The summed E-state index contributed by atoms with van der Waals surface area (Å²) in [5.74, 6) is 2.24. The first kappa shape index (κ1) is 21.8. The molecule has 1 saturated heterocycles. The van der Waals surface area contributed by atoms with E-state index in [0.717, 1.165) is 55.6 Å². The largest absolute Gasteiger partial charge is 0.493 e. The minimum atomic E-state index is -0.0977. The second-order valence-electron chi connectivity index (χ2n) is 6.14. The van der Waals surface area contributed by atoms with E-state index in [4.69, 9.17) is 14.2 Å². The molecule has 142 valence electrons. The maximum absolute atomic E-state index is 5.81. The van der Waals surface area contributed by atoms with Crippen LogP contribution >= 0.6 is 24.0 Å². The number of aliphatic imine (C=N–C) groups is 1. The van der Waals surface area contributed by atoms with Crippen molar-refractivity contribution in [3.8, 4) is 11.5 Å². The van der Waals surface area contributed by atoms with Gasteiger partial charge < -0.3 is 24.8 Å². The first-order valence-corrected chi connectivity index (χ1v) is 8.47. The summed E-state index contributed by atoms with van der Waals surface area (Å²) in [5.41, 5.74) is 0.965. The zero-order chi connectivity index (χ0) is 17.4. The second kappa shape index (κ2) is 10.7. The van der Waals surface area contributed by atoms with Gasteiger partial charge in [-0.3, -0.25) is 0 Å². The smallest absolute Gasteiger partial charge is 0.191 e. The third-order valence-corrected chi connectivity index (χ3v) is 4.14. The molecule has 1 aliphatic heterocycles. The van der Waals surface area contributed by atoms with Gasteiger partial charge in [0.05, 0.1) is 26.4 Å². The highest BCUT2D eigenvalue weighted by Crippen LogP contribution is 2.27. The van der Waals surface area contributed by atoms with E-state index < -0.39 is 0 Å². The lowest BCUT2D eigenvalue weighted by molar-refractivity contribution is 0.0243. The molecule has 25 heavy (non-hydrogen) atoms. The lowest BCUT2D eigenvalue weighted by Gasteiger charge is -2.24. The van der Waals surface area contributed by atoms with Crippen LogP contribution in [0.5, 0.6) is 11.5 Å². The van der Waals surface area contributed by atoms with Crippen molar-refractivity contribution in [2.45, 2.75) is 38.8 Å². The van der Waals surface area contributed by atoms with Crippen molar-refractivity contribution >= 4 is 29.9 Å². The fourth-order valence-corrected chi connectivity index (χ4v) is 2.74. The second-order valence-corrected chi connectivity index (χ2v) is 6.14. The van der Waals surface area contributed by atoms with E-state index in [1.165, 1.54) is 0 Å². The molecule has 0 aliphatic carbocycles. The fourth-order valence-electron chi connectivity index (χ4n) is 2.74. The highest BCUT2D eigenvalue weighted by atomic mass is 127. The summed E-state index contributed by atoms with van der Waals surface area (Å²) >= 11 is 0. The van der Waals surface area contributed by atoms with Crippen LogP contribution in [0.25, 0.3) is 0 Å². The van der Waals surface area contributed by atoms with Gasteiger partial charge in [0.2, 0.25) is 0 Å². The van der Waals surface area contributed by atoms with Gasteiger partial charge in [-0.2, -0.15) is 0 Å². The number of nitrogens with zero attached hydrogens (tertiary/aromatic N) is 1. The van der Waals surface area contributed by atoms with Crippen LogP contribution in [0.15, 0.2) is 23.2 Å². The number of ether oxygens (including phenoxy) is 3. The van der Waals surface area contributed by atoms with E-state index in [0.29, 0.717) is 6.54 Å². The molecular formula is C18H30IN3O3. The van der Waals surface area contributed by atoms with Crippen LogP contribution in [0.4, 0.5) is 0 Å². The molecule has 7 heteroatoms. The van der Waals surface area contributed by atoms with Crippen LogP contribution in [-0.4, -0.2) is 45.5 Å². The van der Waals surface area contributed by atoms with Gasteiger partial charge in [-0.25, -0.2) is 4.99 Å². The van der Waals surface area contributed by atoms with Crippen molar-refractivity contribution in [2.75, 3.05) is 33.9 Å². The number of hydrogen-bond donors (Lipinski definition) is 2. The molecular weight excluding hydrogens is 433 g/mol. The fraction of sp³-hybridized carbons (Fsp3) is 0.611. The van der Waals surface area contributed by atoms with Gasteiger partial charge in [0, 0.05) is 19.7 Å². The molecule has 1 fully saturated rings. The van der Waals surface area contributed by atoms with Gasteiger partial charge in [0.25, 0.3) is 0 Å². The Balaban J connectivity index is 0.00000312. The molecule has 0 aromatic heterocycles. The minimum absolute atomic E-state index is 0. The Hall–Kier alpha value is -1.22. The predicted octanol–water partition coefficient (Wildman–Crippen LogP) is 2.95. The summed E-state index contributed by atoms with van der Waals surface area (Å²) in [6.07, 6.45) is 2.20. The number of guanidine groups is 1. The third-order valence-electron chi connectivity index (χ3n) is 4.14. The summed E-state index contributed by atoms with van der Waals surface area (Å²) in [6, 6.07) is 5.85. The molecule has 1 atom stereocenters. The average molecular weight is 463 g/mol. The van der Waals surface area contributed by atoms with Crippen LogP contribution in [0, 0.1) is 0 Å². The zero-order valence-corrected chi connectivity index (χ0v) is 17.9. The quantitative estimate of drug-likeness (QED) is 0.370. The van der Waals surface area contributed by atoms with E-state index in [2.05, 4.69) is 29.5 Å². The lowest BCUT2D eigenvalue weighted by Crippen LogP contribution is -2.45. The predicted molar refractivity (Wildman–Crippen MR) is 111 cm³/mol. The normalized spacial score (nSPS) is 19.9. The molecule has 2 N–H and O–H groups in total. The van der Waals surface area contributed by atoms with Gasteiger partial charge in [-0.1, -0.05) is 6.07 Å². The molecule has 0 spiro atoms. The Morgan fingerprint density at radius 3 is 2.60 bits per heavy atom. The molecule has 1 aromatic rings. The van der Waals surface area contributed by atoms with Crippen molar-refractivity contribution in [3.05, 3.63) is 23.8 Å². The van der Waals surface area contributed by atoms with Crippen molar-refractivity contribution in [3.63, 3.8) is 0 Å². The highest BCUT2D eigenvalue weighted by Gasteiger charge is 2.29. The molecule has 0 radical (unpaired) electrons. The number of hydrogen-bond acceptors (Lipinski definition) is 4. The molecule has 0 bridgehead atoms. The first-order chi connectivity index (χ1) is 11.6. The Morgan fingerprint density at radius 1 is 1.24 bits per heavy atom. The van der Waals surface area contributed by atoms with E-state index in [-0.39, 0.29) is 29.6 Å². The van der Waals surface area contributed by atoms with Crippen LogP contribution in [-0.2, 0) is 11.3 Å². The van der Waals surface area contributed by atoms with Crippen LogP contribution in [0.3, 0.4) is 0 Å². The Labute approximate surface area is 167 Å². The number of methoxy groups -OCH3 is 2. The molecule has 1 aliphatic rings. The SMILES string of the molecule is CCNC(=NCc1ccc(OC)c(OC)c1)NCC1(C)CCCO1.I. The van der Waals surface area contributed by atoms with Gasteiger partial charge >= 0.3 is 0 Å². The Bertz CT molecular complexity index is 560. The highest BCUT2D eigenvalue weighted by molar-refractivity contribution is 14.0. The standard InChI is InChI=1S/C18H29N3O3.HI/c1-5-19-17(21-13-18(2)9-6-10-24-18)20-12-14-7-8-15(22-3)16(11-14)23-4;/h7-8,11H,5-6,9-10,12-13H2,1-4H3,(H2,19,20,21);1H. The first-order valence-electron chi connectivity index (χ1n) is 8.47. The summed E-state index contributed by atoms with van der Waals surface area (Å²) in [7, 11) is 3.27. The molecule has 1 aromatic carbocycles. The lowest BCUT2D eigenvalue weighted by atomic mass is 10.0. The maximum atomic E-state index is 5.81. The number of rotatable bonds is 7. The van der Waals surface area contributed by atoms with E-state index in [1.54, 1.807) is 14.2 Å². The average Bonchev–Trinajstić information content (AvgIpc) is 3.04. The molecule has 2 rings (SSSR count). The van der Waals surface area contributed by atoms with E-state index in [1.807, 2.05) is 18.2 Å². The summed E-state index contributed by atoms with van der Waals surface area (Å²) in [5, 5.41) is 6.66. The van der Waals surface area contributed by atoms with Gasteiger partial charge in [0.15, 0.2) is 17.5 Å². The summed E-state index contributed by atoms with van der Waals surface area (Å²) in [4.78, 5) is 4.65. The van der Waals surface area contributed by atoms with Gasteiger partial charge in [-0.15, -0.1) is 24.0 Å². The van der Waals surface area contributed by atoms with Crippen molar-refractivity contribution < 1.29 is 14.2 Å². The zero-order valence-electron chi connectivity index (χ0n) is 15.6. The van der Waals surface area contributed by atoms with Gasteiger partial charge in [-0.05, 0) is 44.4 Å². The number of nitrogens with one attached hydrogen (secondary N) is 2.